The quantitative estimate of drug-likeness (QED) is 0.914. The molecule has 0 saturated heterocycles. The van der Waals surface area contributed by atoms with Gasteiger partial charge in [0.2, 0.25) is 5.91 Å². The third-order valence-electron chi connectivity index (χ3n) is 3.70. The highest BCUT2D eigenvalue weighted by atomic mass is 32.2. The van der Waals surface area contributed by atoms with Crippen molar-refractivity contribution < 1.29 is 13.2 Å². The van der Waals surface area contributed by atoms with Gasteiger partial charge in [0.1, 0.15) is 0 Å². The maximum atomic E-state index is 12.1. The lowest BCUT2D eigenvalue weighted by atomic mass is 10.1. The first-order valence-electron chi connectivity index (χ1n) is 7.49. The normalized spacial score (nSPS) is 11.5. The van der Waals surface area contributed by atoms with E-state index in [-0.39, 0.29) is 10.8 Å². The Hall–Kier alpha value is -2.14. The molecular formula is C18H21NO3S. The molecule has 1 amide bonds. The summed E-state index contributed by atoms with van der Waals surface area (Å²) >= 11 is 0. The topological polar surface area (TPSA) is 63.2 Å². The molecule has 0 atom stereocenters. The minimum absolute atomic E-state index is 0.126. The number of anilines is 1. The number of sulfone groups is 1. The predicted molar refractivity (Wildman–Crippen MR) is 92.3 cm³/mol. The molecule has 0 aliphatic heterocycles. The summed E-state index contributed by atoms with van der Waals surface area (Å²) in [4.78, 5) is 12.4. The van der Waals surface area contributed by atoms with Crippen LogP contribution in [0.3, 0.4) is 0 Å². The fraction of sp³-hybridized carbons (Fsp3) is 0.278. The van der Waals surface area contributed by atoms with E-state index >= 15 is 0 Å². The molecule has 0 saturated carbocycles. The predicted octanol–water partition coefficient (Wildman–Crippen LogP) is 3.36. The molecule has 5 heteroatoms. The minimum Gasteiger partial charge on any atom is -0.326 e. The highest BCUT2D eigenvalue weighted by molar-refractivity contribution is 7.92. The number of carbonyl (C=O) groups excluding carboxylic acids is 1. The van der Waals surface area contributed by atoms with E-state index < -0.39 is 15.1 Å². The first-order valence-corrected chi connectivity index (χ1v) is 9.03. The zero-order chi connectivity index (χ0) is 17.0. The smallest absolute Gasteiger partial charge is 0.228 e. The van der Waals surface area contributed by atoms with E-state index in [9.17, 15) is 13.2 Å². The van der Waals surface area contributed by atoms with Crippen molar-refractivity contribution in [3.05, 3.63) is 59.7 Å². The van der Waals surface area contributed by atoms with Gasteiger partial charge in [0.15, 0.2) is 9.84 Å². The molecule has 0 unspecified atom stereocenters. The molecule has 0 aromatic heterocycles. The van der Waals surface area contributed by atoms with Crippen LogP contribution in [0.2, 0.25) is 0 Å². The van der Waals surface area contributed by atoms with E-state index in [0.717, 1.165) is 11.1 Å². The summed E-state index contributed by atoms with van der Waals surface area (Å²) in [5.74, 6) is -0.126. The van der Waals surface area contributed by atoms with Crippen LogP contribution in [0.5, 0.6) is 0 Å². The van der Waals surface area contributed by atoms with Crippen LogP contribution in [0.4, 0.5) is 5.69 Å². The van der Waals surface area contributed by atoms with E-state index in [1.54, 1.807) is 26.0 Å². The zero-order valence-electron chi connectivity index (χ0n) is 13.5. The summed E-state index contributed by atoms with van der Waals surface area (Å²) in [6.07, 6.45) is 0.290. The number of carbonyl (C=O) groups is 1. The van der Waals surface area contributed by atoms with Crippen LogP contribution in [0.1, 0.15) is 25.0 Å². The van der Waals surface area contributed by atoms with Crippen LogP contribution in [-0.4, -0.2) is 19.6 Å². The first kappa shape index (κ1) is 17.2. The van der Waals surface area contributed by atoms with Gasteiger partial charge < -0.3 is 5.32 Å². The monoisotopic (exact) mass is 331 g/mol. The maximum Gasteiger partial charge on any atom is 0.228 e. The van der Waals surface area contributed by atoms with Crippen molar-refractivity contribution in [1.29, 1.82) is 0 Å². The molecule has 0 heterocycles. The Morgan fingerprint density at radius 3 is 2.22 bits per heavy atom. The Kier molecular flexibility index (Phi) is 5.21. The second-order valence-corrected chi connectivity index (χ2v) is 8.27. The van der Waals surface area contributed by atoms with Crippen LogP contribution in [0.25, 0.3) is 0 Å². The lowest BCUT2D eigenvalue weighted by Crippen LogP contribution is -2.16. The summed E-state index contributed by atoms with van der Waals surface area (Å²) in [5, 5.41) is 2.32. The second kappa shape index (κ2) is 6.96. The van der Waals surface area contributed by atoms with Crippen molar-refractivity contribution in [3.8, 4) is 0 Å². The summed E-state index contributed by atoms with van der Waals surface area (Å²) in [7, 11) is -3.29. The largest absolute Gasteiger partial charge is 0.326 e. The van der Waals surface area contributed by atoms with E-state index in [2.05, 4.69) is 5.32 Å². The summed E-state index contributed by atoms with van der Waals surface area (Å²) in [6.45, 7) is 5.26. The molecular weight excluding hydrogens is 310 g/mol. The van der Waals surface area contributed by atoms with Crippen molar-refractivity contribution in [1.82, 2.24) is 0 Å². The summed E-state index contributed by atoms with van der Waals surface area (Å²) < 4.78 is 24.1. The van der Waals surface area contributed by atoms with Gasteiger partial charge in [0, 0.05) is 5.69 Å². The fourth-order valence-electron chi connectivity index (χ4n) is 2.19. The minimum atomic E-state index is -3.29. The molecule has 0 aliphatic carbocycles. The van der Waals surface area contributed by atoms with E-state index in [4.69, 9.17) is 0 Å². The Balaban J connectivity index is 2.07. The van der Waals surface area contributed by atoms with Gasteiger partial charge in [0.25, 0.3) is 0 Å². The molecule has 23 heavy (non-hydrogen) atoms. The number of amides is 1. The van der Waals surface area contributed by atoms with E-state index in [1.165, 1.54) is 12.1 Å². The lowest BCUT2D eigenvalue weighted by molar-refractivity contribution is -0.115. The first-order chi connectivity index (χ1) is 10.8. The maximum absolute atomic E-state index is 12.1. The average molecular weight is 331 g/mol. The number of aryl methyl sites for hydroxylation is 1. The van der Waals surface area contributed by atoms with E-state index in [0.29, 0.717) is 12.1 Å². The van der Waals surface area contributed by atoms with Crippen LogP contribution < -0.4 is 5.32 Å². The molecule has 2 aromatic rings. The Bertz CT molecular complexity index is 793. The summed E-state index contributed by atoms with van der Waals surface area (Å²) in [6, 6.07) is 14.0. The molecule has 122 valence electrons. The van der Waals surface area contributed by atoms with Gasteiger partial charge in [-0.1, -0.05) is 24.3 Å². The average Bonchev–Trinajstić information content (AvgIpc) is 2.50. The molecule has 0 aliphatic rings. The molecule has 1 N–H and O–H groups in total. The Morgan fingerprint density at radius 2 is 1.65 bits per heavy atom. The molecule has 2 aromatic carbocycles. The number of nitrogens with one attached hydrogen (secondary N) is 1. The number of benzene rings is 2. The SMILES string of the molecule is Cc1ccccc1CC(=O)Nc1ccc(S(=O)(=O)C(C)C)cc1. The van der Waals surface area contributed by atoms with Crippen LogP contribution in [-0.2, 0) is 21.1 Å². The van der Waals surface area contributed by atoms with Crippen LogP contribution in [0, 0.1) is 6.92 Å². The van der Waals surface area contributed by atoms with Gasteiger partial charge in [-0.15, -0.1) is 0 Å². The Labute approximate surface area is 137 Å². The Morgan fingerprint density at radius 1 is 1.04 bits per heavy atom. The standard InChI is InChI=1S/C18H21NO3S/c1-13(2)23(21,22)17-10-8-16(9-11-17)19-18(20)12-15-7-5-4-6-14(15)3/h4-11,13H,12H2,1-3H3,(H,19,20). The molecule has 2 rings (SSSR count). The number of hydrogen-bond donors (Lipinski definition) is 1. The third kappa shape index (κ3) is 4.20. The molecule has 0 fully saturated rings. The van der Waals surface area contributed by atoms with Gasteiger partial charge >= 0.3 is 0 Å². The van der Waals surface area contributed by atoms with Crippen molar-refractivity contribution in [2.45, 2.75) is 37.3 Å². The number of hydrogen-bond acceptors (Lipinski definition) is 3. The van der Waals surface area contributed by atoms with Crippen molar-refractivity contribution in [2.75, 3.05) is 5.32 Å². The van der Waals surface area contributed by atoms with Crippen LogP contribution >= 0.6 is 0 Å². The van der Waals surface area contributed by atoms with Crippen molar-refractivity contribution in [3.63, 3.8) is 0 Å². The number of rotatable bonds is 5. The second-order valence-electron chi connectivity index (χ2n) is 5.77. The zero-order valence-corrected chi connectivity index (χ0v) is 14.4. The van der Waals surface area contributed by atoms with Gasteiger partial charge in [0.05, 0.1) is 16.6 Å². The van der Waals surface area contributed by atoms with Gasteiger partial charge in [-0.25, -0.2) is 8.42 Å². The third-order valence-corrected chi connectivity index (χ3v) is 5.87. The van der Waals surface area contributed by atoms with E-state index in [1.807, 2.05) is 31.2 Å². The van der Waals surface area contributed by atoms with Crippen molar-refractivity contribution >= 4 is 21.4 Å². The molecule has 0 radical (unpaired) electrons. The fourth-order valence-corrected chi connectivity index (χ4v) is 3.25. The van der Waals surface area contributed by atoms with Gasteiger partial charge in [-0.2, -0.15) is 0 Å². The highest BCUT2D eigenvalue weighted by Gasteiger charge is 2.18. The van der Waals surface area contributed by atoms with Crippen molar-refractivity contribution in [2.24, 2.45) is 0 Å². The van der Waals surface area contributed by atoms with Gasteiger partial charge in [-0.05, 0) is 56.2 Å². The molecule has 4 nitrogen and oxygen atoms in total. The highest BCUT2D eigenvalue weighted by Crippen LogP contribution is 2.19. The lowest BCUT2D eigenvalue weighted by Gasteiger charge is -2.10. The van der Waals surface area contributed by atoms with Crippen LogP contribution in [0.15, 0.2) is 53.4 Å². The molecule has 0 bridgehead atoms. The molecule has 0 spiro atoms. The van der Waals surface area contributed by atoms with Gasteiger partial charge in [-0.3, -0.25) is 4.79 Å². The summed E-state index contributed by atoms with van der Waals surface area (Å²) in [5.41, 5.74) is 2.64.